The first kappa shape index (κ1) is 17.9. The summed E-state index contributed by atoms with van der Waals surface area (Å²) in [5.74, 6) is 1.70. The zero-order valence-corrected chi connectivity index (χ0v) is 16.2. The number of para-hydroxylation sites is 1. The first-order valence-corrected chi connectivity index (χ1v) is 10.6. The molecule has 5 fully saturated rings. The predicted octanol–water partition coefficient (Wildman–Crippen LogP) is 3.76. The Morgan fingerprint density at radius 3 is 2.29 bits per heavy atom. The Bertz CT molecular complexity index is 794. The molecule has 5 aliphatic rings. The summed E-state index contributed by atoms with van der Waals surface area (Å²) in [6, 6.07) is 7.04. The number of hydrogen-bond donors (Lipinski definition) is 0. The van der Waals surface area contributed by atoms with Crippen LogP contribution in [0, 0.1) is 23.2 Å². The molecule has 6 rings (SSSR count). The topological polar surface area (TPSA) is 63.7 Å². The van der Waals surface area contributed by atoms with Crippen LogP contribution in [0.25, 0.3) is 0 Å². The van der Waals surface area contributed by atoms with Crippen molar-refractivity contribution in [3.05, 3.63) is 29.8 Å². The van der Waals surface area contributed by atoms with Gasteiger partial charge in [-0.25, -0.2) is 4.79 Å². The van der Waals surface area contributed by atoms with Crippen molar-refractivity contribution in [1.82, 2.24) is 0 Å². The summed E-state index contributed by atoms with van der Waals surface area (Å²) < 4.78 is 5.49. The maximum atomic E-state index is 13.1. The van der Waals surface area contributed by atoms with Gasteiger partial charge in [0, 0.05) is 18.4 Å². The minimum absolute atomic E-state index is 0.0323. The van der Waals surface area contributed by atoms with Crippen molar-refractivity contribution in [2.45, 2.75) is 51.4 Å². The number of hydrogen-bond acceptors (Lipinski definition) is 4. The lowest BCUT2D eigenvalue weighted by molar-refractivity contribution is -0.147. The van der Waals surface area contributed by atoms with E-state index in [9.17, 15) is 14.4 Å². The largest absolute Gasteiger partial charge is 0.454 e. The summed E-state index contributed by atoms with van der Waals surface area (Å²) >= 11 is 0. The average molecular weight is 381 g/mol. The number of esters is 1. The Balaban J connectivity index is 1.28. The zero-order chi connectivity index (χ0) is 19.3. The fraction of sp³-hybridized carbons (Fsp3) is 0.609. The van der Waals surface area contributed by atoms with Crippen molar-refractivity contribution in [3.8, 4) is 0 Å². The number of carbonyl (C=O) groups excluding carboxylic acids is 3. The number of anilines is 1. The van der Waals surface area contributed by atoms with E-state index >= 15 is 0 Å². The quantitative estimate of drug-likeness (QED) is 0.729. The monoisotopic (exact) mass is 381 g/mol. The molecule has 1 aromatic rings. The first-order valence-electron chi connectivity index (χ1n) is 10.6. The number of rotatable bonds is 5. The second-order valence-corrected chi connectivity index (χ2v) is 9.36. The fourth-order valence-electron chi connectivity index (χ4n) is 6.60. The van der Waals surface area contributed by atoms with Gasteiger partial charge < -0.3 is 9.64 Å². The van der Waals surface area contributed by atoms with E-state index in [1.54, 1.807) is 23.1 Å². The number of ketones is 1. The van der Waals surface area contributed by atoms with E-state index in [0.717, 1.165) is 25.7 Å². The van der Waals surface area contributed by atoms with E-state index in [1.807, 2.05) is 6.07 Å². The van der Waals surface area contributed by atoms with Crippen molar-refractivity contribution in [2.75, 3.05) is 18.1 Å². The van der Waals surface area contributed by atoms with Gasteiger partial charge in [0.15, 0.2) is 12.4 Å². The zero-order valence-electron chi connectivity index (χ0n) is 16.2. The van der Waals surface area contributed by atoms with Crippen LogP contribution in [-0.2, 0) is 14.3 Å². The van der Waals surface area contributed by atoms with Gasteiger partial charge in [0.25, 0.3) is 0 Å². The van der Waals surface area contributed by atoms with Crippen LogP contribution in [-0.4, -0.2) is 30.8 Å². The molecule has 0 unspecified atom stereocenters. The van der Waals surface area contributed by atoms with E-state index in [1.165, 1.54) is 19.3 Å². The Morgan fingerprint density at radius 1 is 1.04 bits per heavy atom. The van der Waals surface area contributed by atoms with Crippen LogP contribution in [0.1, 0.15) is 61.7 Å². The van der Waals surface area contributed by atoms with Crippen LogP contribution < -0.4 is 4.90 Å². The Labute approximate surface area is 165 Å². The molecule has 4 saturated carbocycles. The van der Waals surface area contributed by atoms with Gasteiger partial charge in [-0.2, -0.15) is 0 Å². The minimum atomic E-state index is -0.506. The Morgan fingerprint density at radius 2 is 1.68 bits per heavy atom. The van der Waals surface area contributed by atoms with E-state index < -0.39 is 5.97 Å². The summed E-state index contributed by atoms with van der Waals surface area (Å²) in [7, 11) is 0. The molecular formula is C23H27NO4. The number of benzene rings is 1. The van der Waals surface area contributed by atoms with Gasteiger partial charge in [-0.1, -0.05) is 12.1 Å². The highest BCUT2D eigenvalue weighted by Crippen LogP contribution is 2.60. The van der Waals surface area contributed by atoms with Crippen LogP contribution in [0.2, 0.25) is 0 Å². The number of Topliss-reactive ketones (excluding diaryl/α,β-unsaturated/α-hetero) is 1. The smallest absolute Gasteiger partial charge is 0.340 e. The fourth-order valence-corrected chi connectivity index (χ4v) is 6.60. The van der Waals surface area contributed by atoms with Crippen LogP contribution in [0.15, 0.2) is 24.3 Å². The highest BCUT2D eigenvalue weighted by Gasteiger charge is 2.54. The molecule has 4 bridgehead atoms. The van der Waals surface area contributed by atoms with Gasteiger partial charge in [0.05, 0.1) is 11.3 Å². The molecule has 4 aliphatic carbocycles. The standard InChI is InChI=1S/C23H27NO4/c25-20(23-11-15-8-16(12-23)10-17(9-15)13-23)14-28-22(27)18-4-1-2-5-19(18)24-7-3-6-21(24)26/h1-2,4-5,15-17H,3,6-14H2. The van der Waals surface area contributed by atoms with Crippen LogP contribution in [0.4, 0.5) is 5.69 Å². The Kier molecular flexibility index (Phi) is 4.29. The molecule has 0 aromatic heterocycles. The van der Waals surface area contributed by atoms with Gasteiger partial charge in [0.2, 0.25) is 5.91 Å². The SMILES string of the molecule is O=C(OCC(=O)C12CC3CC(CC(C3)C1)C2)c1ccccc1N1CCCC1=O. The molecule has 1 aromatic carbocycles. The molecule has 0 spiro atoms. The van der Waals surface area contributed by atoms with Gasteiger partial charge in [-0.3, -0.25) is 9.59 Å². The maximum absolute atomic E-state index is 13.1. The molecule has 0 atom stereocenters. The van der Waals surface area contributed by atoms with Gasteiger partial charge in [-0.05, 0) is 74.8 Å². The number of nitrogens with zero attached hydrogens (tertiary/aromatic N) is 1. The van der Waals surface area contributed by atoms with Crippen molar-refractivity contribution in [1.29, 1.82) is 0 Å². The van der Waals surface area contributed by atoms with Gasteiger partial charge in [0.1, 0.15) is 0 Å². The molecular weight excluding hydrogens is 354 g/mol. The highest BCUT2D eigenvalue weighted by atomic mass is 16.5. The number of amides is 1. The first-order chi connectivity index (χ1) is 13.5. The van der Waals surface area contributed by atoms with Crippen molar-refractivity contribution < 1.29 is 19.1 Å². The van der Waals surface area contributed by atoms with Gasteiger partial charge in [-0.15, -0.1) is 0 Å². The lowest BCUT2D eigenvalue weighted by Gasteiger charge is -2.55. The van der Waals surface area contributed by atoms with Crippen molar-refractivity contribution in [3.63, 3.8) is 0 Å². The second kappa shape index (κ2) is 6.71. The van der Waals surface area contributed by atoms with E-state index in [2.05, 4.69) is 0 Å². The van der Waals surface area contributed by atoms with Crippen LogP contribution in [0.5, 0.6) is 0 Å². The normalized spacial score (nSPS) is 33.4. The summed E-state index contributed by atoms with van der Waals surface area (Å²) in [6.45, 7) is 0.475. The molecule has 28 heavy (non-hydrogen) atoms. The Hall–Kier alpha value is -2.17. The summed E-state index contributed by atoms with van der Waals surface area (Å²) in [5, 5.41) is 0. The maximum Gasteiger partial charge on any atom is 0.340 e. The number of carbonyl (C=O) groups is 3. The molecule has 148 valence electrons. The molecule has 1 heterocycles. The molecule has 0 radical (unpaired) electrons. The molecule has 1 amide bonds. The number of ether oxygens (including phenoxy) is 1. The second-order valence-electron chi connectivity index (χ2n) is 9.36. The minimum Gasteiger partial charge on any atom is -0.454 e. The molecule has 1 aliphatic heterocycles. The third-order valence-electron chi connectivity index (χ3n) is 7.45. The highest BCUT2D eigenvalue weighted by molar-refractivity contribution is 6.04. The molecule has 5 nitrogen and oxygen atoms in total. The lowest BCUT2D eigenvalue weighted by atomic mass is 9.48. The molecule has 1 saturated heterocycles. The van der Waals surface area contributed by atoms with Crippen molar-refractivity contribution >= 4 is 23.3 Å². The summed E-state index contributed by atoms with van der Waals surface area (Å²) in [4.78, 5) is 39.6. The predicted molar refractivity (Wildman–Crippen MR) is 104 cm³/mol. The molecule has 0 N–H and O–H groups in total. The van der Waals surface area contributed by atoms with Crippen molar-refractivity contribution in [2.24, 2.45) is 23.2 Å². The van der Waals surface area contributed by atoms with Crippen LogP contribution >= 0.6 is 0 Å². The summed E-state index contributed by atoms with van der Waals surface area (Å²) in [5.41, 5.74) is 0.716. The van der Waals surface area contributed by atoms with Crippen LogP contribution in [0.3, 0.4) is 0 Å². The van der Waals surface area contributed by atoms with E-state index in [4.69, 9.17) is 4.74 Å². The molecule has 5 heteroatoms. The third-order valence-corrected chi connectivity index (χ3v) is 7.45. The average Bonchev–Trinajstić information content (AvgIpc) is 3.10. The van der Waals surface area contributed by atoms with E-state index in [-0.39, 0.29) is 23.7 Å². The lowest BCUT2D eigenvalue weighted by Crippen LogP contribution is -2.51. The third kappa shape index (κ3) is 2.96. The van der Waals surface area contributed by atoms with E-state index in [0.29, 0.717) is 42.0 Å². The summed E-state index contributed by atoms with van der Waals surface area (Å²) in [6.07, 6.45) is 8.09. The van der Waals surface area contributed by atoms with Gasteiger partial charge >= 0.3 is 5.97 Å².